The van der Waals surface area contributed by atoms with Crippen molar-refractivity contribution in [1.29, 1.82) is 0 Å². The van der Waals surface area contributed by atoms with Gasteiger partial charge >= 0.3 is 12.0 Å². The first-order valence-corrected chi connectivity index (χ1v) is 7.93. The topological polar surface area (TPSA) is 64.1 Å². The second-order valence-corrected chi connectivity index (χ2v) is 6.47. The number of nitrogens with zero attached hydrogens (tertiary/aromatic N) is 3. The molecule has 2 unspecified atom stereocenters. The Labute approximate surface area is 126 Å². The van der Waals surface area contributed by atoms with E-state index in [0.29, 0.717) is 18.9 Å². The average Bonchev–Trinajstić information content (AvgIpc) is 2.45. The van der Waals surface area contributed by atoms with Crippen molar-refractivity contribution in [2.45, 2.75) is 38.6 Å². The van der Waals surface area contributed by atoms with Crippen LogP contribution in [0.3, 0.4) is 0 Å². The van der Waals surface area contributed by atoms with Crippen LogP contribution in [0.4, 0.5) is 4.79 Å². The molecule has 2 fully saturated rings. The SMILES string of the molecule is CC1CN(C)CCN1C(=O)N1CCCC(CCC(=O)O)C1. The van der Waals surface area contributed by atoms with Gasteiger partial charge in [0.05, 0.1) is 0 Å². The first-order chi connectivity index (χ1) is 9.97. The summed E-state index contributed by atoms with van der Waals surface area (Å²) in [6.45, 7) is 6.24. The van der Waals surface area contributed by atoms with Crippen LogP contribution < -0.4 is 0 Å². The molecule has 2 amide bonds. The molecule has 0 aromatic heterocycles. The number of hydrogen-bond donors (Lipinski definition) is 1. The predicted molar refractivity (Wildman–Crippen MR) is 80.2 cm³/mol. The average molecular weight is 297 g/mol. The minimum atomic E-state index is -0.744. The zero-order valence-electron chi connectivity index (χ0n) is 13.1. The summed E-state index contributed by atoms with van der Waals surface area (Å²) in [5, 5.41) is 8.79. The predicted octanol–water partition coefficient (Wildman–Crippen LogP) is 1.32. The number of urea groups is 1. The maximum Gasteiger partial charge on any atom is 0.320 e. The van der Waals surface area contributed by atoms with Crippen molar-refractivity contribution < 1.29 is 14.7 Å². The first kappa shape index (κ1) is 16.1. The van der Waals surface area contributed by atoms with Crippen molar-refractivity contribution in [3.05, 3.63) is 0 Å². The van der Waals surface area contributed by atoms with Gasteiger partial charge < -0.3 is 19.8 Å². The van der Waals surface area contributed by atoms with Gasteiger partial charge in [0, 0.05) is 45.2 Å². The number of carbonyl (C=O) groups excluding carboxylic acids is 1. The third-order valence-corrected chi connectivity index (χ3v) is 4.63. The van der Waals surface area contributed by atoms with Crippen molar-refractivity contribution in [3.63, 3.8) is 0 Å². The molecule has 0 aliphatic carbocycles. The summed E-state index contributed by atoms with van der Waals surface area (Å²) in [4.78, 5) is 29.5. The highest BCUT2D eigenvalue weighted by Gasteiger charge is 2.31. The van der Waals surface area contributed by atoms with Gasteiger partial charge in [-0.2, -0.15) is 0 Å². The second-order valence-electron chi connectivity index (χ2n) is 6.47. The third-order valence-electron chi connectivity index (χ3n) is 4.63. The molecular formula is C15H27N3O3. The smallest absolute Gasteiger partial charge is 0.320 e. The first-order valence-electron chi connectivity index (χ1n) is 7.93. The number of piperazine rings is 1. The lowest BCUT2D eigenvalue weighted by Crippen LogP contribution is -2.57. The molecule has 120 valence electrons. The molecule has 2 atom stereocenters. The minimum absolute atomic E-state index is 0.135. The summed E-state index contributed by atoms with van der Waals surface area (Å²) < 4.78 is 0. The van der Waals surface area contributed by atoms with Crippen molar-refractivity contribution >= 4 is 12.0 Å². The highest BCUT2D eigenvalue weighted by Crippen LogP contribution is 2.23. The molecule has 0 aromatic rings. The van der Waals surface area contributed by atoms with E-state index < -0.39 is 5.97 Å². The van der Waals surface area contributed by atoms with E-state index in [1.165, 1.54) is 0 Å². The molecular weight excluding hydrogens is 270 g/mol. The largest absolute Gasteiger partial charge is 0.481 e. The van der Waals surface area contributed by atoms with E-state index in [2.05, 4.69) is 18.9 Å². The molecule has 0 bridgehead atoms. The second kappa shape index (κ2) is 7.11. The number of likely N-dealkylation sites (tertiary alicyclic amines) is 1. The van der Waals surface area contributed by atoms with Crippen molar-refractivity contribution in [1.82, 2.24) is 14.7 Å². The fraction of sp³-hybridized carbons (Fsp3) is 0.867. The van der Waals surface area contributed by atoms with Gasteiger partial charge in [-0.05, 0) is 39.2 Å². The Morgan fingerprint density at radius 1 is 1.19 bits per heavy atom. The number of likely N-dealkylation sites (N-methyl/N-ethyl adjacent to an activating group) is 1. The summed E-state index contributed by atoms with van der Waals surface area (Å²) in [6, 6.07) is 0.381. The molecule has 0 saturated carbocycles. The summed E-state index contributed by atoms with van der Waals surface area (Å²) in [6.07, 6.45) is 2.91. The normalized spacial score (nSPS) is 27.7. The highest BCUT2D eigenvalue weighted by molar-refractivity contribution is 5.75. The number of aliphatic carboxylic acids is 1. The molecule has 2 rings (SSSR count). The van der Waals surface area contributed by atoms with E-state index in [9.17, 15) is 9.59 Å². The summed E-state index contributed by atoms with van der Waals surface area (Å²) in [5.74, 6) is -0.410. The zero-order valence-corrected chi connectivity index (χ0v) is 13.1. The van der Waals surface area contributed by atoms with Crippen LogP contribution in [0, 0.1) is 5.92 Å². The number of hydrogen-bond acceptors (Lipinski definition) is 3. The Balaban J connectivity index is 1.88. The van der Waals surface area contributed by atoms with Crippen LogP contribution >= 0.6 is 0 Å². The highest BCUT2D eigenvalue weighted by atomic mass is 16.4. The molecule has 1 N–H and O–H groups in total. The van der Waals surface area contributed by atoms with Gasteiger partial charge in [-0.25, -0.2) is 4.79 Å². The Bertz CT molecular complexity index is 388. The molecule has 2 aliphatic rings. The van der Waals surface area contributed by atoms with Crippen LogP contribution in [-0.4, -0.2) is 77.6 Å². The molecule has 0 radical (unpaired) electrons. The lowest BCUT2D eigenvalue weighted by atomic mass is 9.93. The summed E-state index contributed by atoms with van der Waals surface area (Å²) in [5.41, 5.74) is 0. The molecule has 6 nitrogen and oxygen atoms in total. The van der Waals surface area contributed by atoms with E-state index in [1.54, 1.807) is 0 Å². The number of amides is 2. The van der Waals surface area contributed by atoms with Gasteiger partial charge in [0.1, 0.15) is 0 Å². The maximum absolute atomic E-state index is 12.7. The van der Waals surface area contributed by atoms with E-state index in [4.69, 9.17) is 5.11 Å². The van der Waals surface area contributed by atoms with Crippen LogP contribution in [0.2, 0.25) is 0 Å². The summed E-state index contributed by atoms with van der Waals surface area (Å²) >= 11 is 0. The fourth-order valence-corrected chi connectivity index (χ4v) is 3.41. The van der Waals surface area contributed by atoms with Gasteiger partial charge in [0.25, 0.3) is 0 Å². The van der Waals surface area contributed by atoms with Crippen molar-refractivity contribution in [2.24, 2.45) is 5.92 Å². The molecule has 6 heteroatoms. The van der Waals surface area contributed by atoms with Crippen LogP contribution in [0.5, 0.6) is 0 Å². The van der Waals surface area contributed by atoms with Crippen molar-refractivity contribution in [3.8, 4) is 0 Å². The standard InChI is InChI=1S/C15H27N3O3/c1-12-10-16(2)8-9-18(12)15(21)17-7-3-4-13(11-17)5-6-14(19)20/h12-13H,3-11H2,1-2H3,(H,19,20). The molecule has 21 heavy (non-hydrogen) atoms. The van der Waals surface area contributed by atoms with E-state index in [1.807, 2.05) is 9.80 Å². The number of rotatable bonds is 3. The number of carboxylic acids is 1. The third kappa shape index (κ3) is 4.33. The van der Waals surface area contributed by atoms with E-state index in [0.717, 1.165) is 39.0 Å². The Kier molecular flexibility index (Phi) is 5.45. The van der Waals surface area contributed by atoms with Gasteiger partial charge in [0.15, 0.2) is 0 Å². The van der Waals surface area contributed by atoms with Crippen LogP contribution in [0.25, 0.3) is 0 Å². The molecule has 2 heterocycles. The van der Waals surface area contributed by atoms with E-state index in [-0.39, 0.29) is 18.5 Å². The number of carboxylic acid groups (broad SMARTS) is 1. The van der Waals surface area contributed by atoms with Gasteiger partial charge in [-0.3, -0.25) is 4.79 Å². The number of carbonyl (C=O) groups is 2. The van der Waals surface area contributed by atoms with Gasteiger partial charge in [0.2, 0.25) is 0 Å². The lowest BCUT2D eigenvalue weighted by Gasteiger charge is -2.42. The van der Waals surface area contributed by atoms with Crippen LogP contribution in [0.15, 0.2) is 0 Å². The number of piperidine rings is 1. The van der Waals surface area contributed by atoms with Crippen LogP contribution in [-0.2, 0) is 4.79 Å². The molecule has 0 spiro atoms. The van der Waals surface area contributed by atoms with Gasteiger partial charge in [-0.15, -0.1) is 0 Å². The molecule has 2 aliphatic heterocycles. The molecule has 0 aromatic carbocycles. The monoisotopic (exact) mass is 297 g/mol. The maximum atomic E-state index is 12.7. The summed E-state index contributed by atoms with van der Waals surface area (Å²) in [7, 11) is 2.08. The fourth-order valence-electron chi connectivity index (χ4n) is 3.41. The van der Waals surface area contributed by atoms with Crippen LogP contribution in [0.1, 0.15) is 32.6 Å². The lowest BCUT2D eigenvalue weighted by molar-refractivity contribution is -0.137. The van der Waals surface area contributed by atoms with Crippen molar-refractivity contribution in [2.75, 3.05) is 39.8 Å². The molecule has 2 saturated heterocycles. The van der Waals surface area contributed by atoms with Gasteiger partial charge in [-0.1, -0.05) is 0 Å². The quantitative estimate of drug-likeness (QED) is 0.853. The Hall–Kier alpha value is -1.30. The Morgan fingerprint density at radius 2 is 1.95 bits per heavy atom. The van der Waals surface area contributed by atoms with E-state index >= 15 is 0 Å². The Morgan fingerprint density at radius 3 is 2.62 bits per heavy atom. The zero-order chi connectivity index (χ0) is 15.4. The minimum Gasteiger partial charge on any atom is -0.481 e.